The minimum Gasteiger partial charge on any atom is -0.396 e. The van der Waals surface area contributed by atoms with E-state index in [1.54, 1.807) is 28.8 Å². The van der Waals surface area contributed by atoms with Crippen molar-refractivity contribution >= 4 is 23.4 Å². The highest BCUT2D eigenvalue weighted by atomic mass is 16.5. The summed E-state index contributed by atoms with van der Waals surface area (Å²) in [7, 11) is 4.88. The lowest BCUT2D eigenvalue weighted by Crippen LogP contribution is -2.59. The number of rotatable bonds is 5. The topological polar surface area (TPSA) is 90.4 Å². The van der Waals surface area contributed by atoms with Crippen LogP contribution in [-0.4, -0.2) is 85.2 Å². The molecule has 29 heavy (non-hydrogen) atoms. The Morgan fingerprint density at radius 1 is 1.24 bits per heavy atom. The van der Waals surface area contributed by atoms with Gasteiger partial charge in [0, 0.05) is 46.4 Å². The van der Waals surface area contributed by atoms with Gasteiger partial charge in [-0.15, -0.1) is 0 Å². The lowest BCUT2D eigenvalue weighted by Gasteiger charge is -2.46. The minimum atomic E-state index is -0.849. The first kappa shape index (κ1) is 21.3. The number of hydrogen-bond donors (Lipinski definition) is 1. The summed E-state index contributed by atoms with van der Waals surface area (Å²) >= 11 is 0. The van der Waals surface area contributed by atoms with Crippen LogP contribution < -0.4 is 4.90 Å². The largest absolute Gasteiger partial charge is 0.396 e. The first-order valence-electron chi connectivity index (χ1n) is 9.89. The number of aliphatic hydroxyl groups excluding tert-OH is 1. The Morgan fingerprint density at radius 2 is 1.86 bits per heavy atom. The van der Waals surface area contributed by atoms with Gasteiger partial charge in [-0.1, -0.05) is 18.2 Å². The second-order valence-corrected chi connectivity index (χ2v) is 7.72. The van der Waals surface area contributed by atoms with Crippen LogP contribution in [0, 0.1) is 5.92 Å². The van der Waals surface area contributed by atoms with Crippen LogP contribution in [0.1, 0.15) is 19.3 Å². The number of likely N-dealkylation sites (tertiary alicyclic amines) is 2. The van der Waals surface area contributed by atoms with Gasteiger partial charge in [-0.3, -0.25) is 14.4 Å². The molecular weight excluding hydrogens is 374 g/mol. The molecule has 0 bridgehead atoms. The molecule has 0 unspecified atom stereocenters. The number of benzene rings is 1. The molecule has 3 rings (SSSR count). The molecule has 8 nitrogen and oxygen atoms in total. The summed E-state index contributed by atoms with van der Waals surface area (Å²) in [5, 5.41) is 9.03. The van der Waals surface area contributed by atoms with Crippen molar-refractivity contribution in [2.24, 2.45) is 5.92 Å². The molecule has 2 aliphatic rings. The molecular formula is C21H29N3O5. The van der Waals surface area contributed by atoms with E-state index >= 15 is 0 Å². The molecule has 2 fully saturated rings. The van der Waals surface area contributed by atoms with Crippen LogP contribution in [0.5, 0.6) is 0 Å². The van der Waals surface area contributed by atoms with E-state index in [1.165, 1.54) is 7.11 Å². The molecule has 0 aromatic heterocycles. The summed E-state index contributed by atoms with van der Waals surface area (Å²) in [5.74, 6) is -1.15. The van der Waals surface area contributed by atoms with E-state index in [0.717, 1.165) is 5.69 Å². The maximum atomic E-state index is 13.6. The fourth-order valence-corrected chi connectivity index (χ4v) is 4.67. The van der Waals surface area contributed by atoms with Gasteiger partial charge in [0.15, 0.2) is 0 Å². The zero-order chi connectivity index (χ0) is 21.2. The number of methoxy groups -OCH3 is 1. The predicted molar refractivity (Wildman–Crippen MR) is 107 cm³/mol. The van der Waals surface area contributed by atoms with Gasteiger partial charge in [0.2, 0.25) is 11.8 Å². The Hall–Kier alpha value is -2.45. The maximum absolute atomic E-state index is 13.6. The lowest BCUT2D eigenvalue weighted by molar-refractivity contribution is -0.138. The summed E-state index contributed by atoms with van der Waals surface area (Å²) in [6.07, 6.45) is 0.219. The number of hydrogen-bond acceptors (Lipinski definition) is 5. The van der Waals surface area contributed by atoms with Gasteiger partial charge in [-0.25, -0.2) is 0 Å². The number of likely N-dealkylation sites (N-methyl/N-ethyl adjacent to an activating group) is 1. The summed E-state index contributed by atoms with van der Waals surface area (Å²) in [6, 6.07) is 9.30. The molecule has 1 N–H and O–H groups in total. The summed E-state index contributed by atoms with van der Waals surface area (Å²) < 4.78 is 5.50. The molecule has 2 atom stereocenters. The van der Waals surface area contributed by atoms with Crippen LogP contribution in [-0.2, 0) is 19.1 Å². The van der Waals surface area contributed by atoms with Gasteiger partial charge in [-0.2, -0.15) is 0 Å². The van der Waals surface area contributed by atoms with Crippen molar-refractivity contribution in [1.29, 1.82) is 0 Å². The number of amides is 3. The standard InChI is InChI=1S/C21H29N3O5/c1-22(15-7-5-4-6-8-15)19(27)17-18(29-3)20(28)23(2)21(17)10-12-24(13-11-21)16(26)9-14-25/h4-8,17-18,25H,9-14H2,1-3H3/t17-,18+/m0/s1. The van der Waals surface area contributed by atoms with Crippen molar-refractivity contribution in [3.8, 4) is 0 Å². The molecule has 2 heterocycles. The number of piperidine rings is 1. The quantitative estimate of drug-likeness (QED) is 0.773. The number of carbonyl (C=O) groups excluding carboxylic acids is 3. The van der Waals surface area contributed by atoms with Crippen molar-refractivity contribution in [2.45, 2.75) is 30.9 Å². The third-order valence-corrected chi connectivity index (χ3v) is 6.43. The number of ether oxygens (including phenoxy) is 1. The van der Waals surface area contributed by atoms with Crippen molar-refractivity contribution in [3.05, 3.63) is 30.3 Å². The fourth-order valence-electron chi connectivity index (χ4n) is 4.67. The zero-order valence-electron chi connectivity index (χ0n) is 17.2. The summed E-state index contributed by atoms with van der Waals surface area (Å²) in [4.78, 5) is 43.6. The number of para-hydroxylation sites is 1. The third-order valence-electron chi connectivity index (χ3n) is 6.43. The van der Waals surface area contributed by atoms with Crippen LogP contribution >= 0.6 is 0 Å². The zero-order valence-corrected chi connectivity index (χ0v) is 17.2. The Labute approximate surface area is 171 Å². The van der Waals surface area contributed by atoms with Gasteiger partial charge >= 0.3 is 0 Å². The number of carbonyl (C=O) groups is 3. The molecule has 0 radical (unpaired) electrons. The van der Waals surface area contributed by atoms with E-state index in [-0.39, 0.29) is 30.7 Å². The van der Waals surface area contributed by atoms with E-state index in [2.05, 4.69) is 0 Å². The summed E-state index contributed by atoms with van der Waals surface area (Å²) in [5.41, 5.74) is 0.0495. The van der Waals surface area contributed by atoms with E-state index in [1.807, 2.05) is 30.3 Å². The SMILES string of the molecule is CO[C@H]1C(=O)N(C)C2(CCN(C(=O)CCO)CC2)[C@@H]1C(=O)N(C)c1ccccc1. The Morgan fingerprint density at radius 3 is 2.41 bits per heavy atom. The molecule has 1 aromatic rings. The minimum absolute atomic E-state index is 0.0849. The second kappa shape index (κ2) is 8.51. The number of anilines is 1. The first-order valence-corrected chi connectivity index (χ1v) is 9.89. The van der Waals surface area contributed by atoms with Gasteiger partial charge < -0.3 is 24.5 Å². The number of aliphatic hydroxyl groups is 1. The van der Waals surface area contributed by atoms with E-state index in [0.29, 0.717) is 25.9 Å². The smallest absolute Gasteiger partial charge is 0.252 e. The maximum Gasteiger partial charge on any atom is 0.252 e. The Balaban J connectivity index is 1.89. The molecule has 1 aromatic carbocycles. The molecule has 158 valence electrons. The normalized spacial score (nSPS) is 23.5. The molecule has 8 heteroatoms. The van der Waals surface area contributed by atoms with Crippen molar-refractivity contribution in [3.63, 3.8) is 0 Å². The van der Waals surface area contributed by atoms with E-state index in [4.69, 9.17) is 9.84 Å². The fraction of sp³-hybridized carbons (Fsp3) is 0.571. The average molecular weight is 403 g/mol. The molecule has 3 amide bonds. The van der Waals surface area contributed by atoms with E-state index < -0.39 is 17.6 Å². The van der Waals surface area contributed by atoms with Crippen molar-refractivity contribution in [1.82, 2.24) is 9.80 Å². The highest BCUT2D eigenvalue weighted by molar-refractivity contribution is 6.02. The van der Waals surface area contributed by atoms with Gasteiger partial charge in [0.1, 0.15) is 6.10 Å². The van der Waals surface area contributed by atoms with Gasteiger partial charge in [0.05, 0.1) is 18.1 Å². The molecule has 0 aliphatic carbocycles. The second-order valence-electron chi connectivity index (χ2n) is 7.72. The monoisotopic (exact) mass is 403 g/mol. The molecule has 2 aliphatic heterocycles. The Kier molecular flexibility index (Phi) is 6.24. The molecule has 0 saturated carbocycles. The first-order chi connectivity index (χ1) is 13.9. The predicted octanol–water partition coefficient (Wildman–Crippen LogP) is 0.496. The van der Waals surface area contributed by atoms with Crippen LogP contribution in [0.15, 0.2) is 30.3 Å². The average Bonchev–Trinajstić information content (AvgIpc) is 2.95. The molecule has 2 saturated heterocycles. The van der Waals surface area contributed by atoms with Gasteiger partial charge in [0.25, 0.3) is 5.91 Å². The highest BCUT2D eigenvalue weighted by Crippen LogP contribution is 2.45. The van der Waals surface area contributed by atoms with Crippen molar-refractivity contribution in [2.75, 3.05) is 45.8 Å². The molecule has 1 spiro atoms. The third kappa shape index (κ3) is 3.62. The van der Waals surface area contributed by atoms with Crippen LogP contribution in [0.2, 0.25) is 0 Å². The van der Waals surface area contributed by atoms with Crippen LogP contribution in [0.25, 0.3) is 0 Å². The highest BCUT2D eigenvalue weighted by Gasteiger charge is 2.61. The van der Waals surface area contributed by atoms with E-state index in [9.17, 15) is 14.4 Å². The van der Waals surface area contributed by atoms with Crippen molar-refractivity contribution < 1.29 is 24.2 Å². The number of nitrogens with zero attached hydrogens (tertiary/aromatic N) is 3. The lowest BCUT2D eigenvalue weighted by atomic mass is 9.75. The van der Waals surface area contributed by atoms with Crippen LogP contribution in [0.3, 0.4) is 0 Å². The summed E-state index contributed by atoms with van der Waals surface area (Å²) in [6.45, 7) is 0.686. The van der Waals surface area contributed by atoms with Gasteiger partial charge in [-0.05, 0) is 25.0 Å². The Bertz CT molecular complexity index is 761. The van der Waals surface area contributed by atoms with Crippen LogP contribution in [0.4, 0.5) is 5.69 Å².